The minimum absolute atomic E-state index is 0.0953. The molecular formula is C23H18ClNO6. The van der Waals surface area contributed by atoms with Gasteiger partial charge in [-0.15, -0.1) is 0 Å². The molecule has 0 spiro atoms. The smallest absolute Gasteiger partial charge is 0.300 e. The lowest BCUT2D eigenvalue weighted by Gasteiger charge is -2.23. The Morgan fingerprint density at radius 1 is 1.03 bits per heavy atom. The number of hydrogen-bond acceptors (Lipinski definition) is 6. The molecule has 2 heterocycles. The first-order valence-corrected chi connectivity index (χ1v) is 9.66. The highest BCUT2D eigenvalue weighted by atomic mass is 35.5. The van der Waals surface area contributed by atoms with Crippen LogP contribution in [0.3, 0.4) is 0 Å². The molecular weight excluding hydrogens is 422 g/mol. The van der Waals surface area contributed by atoms with Crippen LogP contribution in [0, 0.1) is 0 Å². The van der Waals surface area contributed by atoms with E-state index in [1.165, 1.54) is 31.4 Å². The summed E-state index contributed by atoms with van der Waals surface area (Å²) in [7, 11) is 2.95. The molecule has 1 aliphatic rings. The third-order valence-corrected chi connectivity index (χ3v) is 5.27. The molecule has 1 aromatic heterocycles. The first kappa shape index (κ1) is 20.6. The third kappa shape index (κ3) is 3.53. The molecule has 158 valence electrons. The molecule has 8 heteroatoms. The van der Waals surface area contributed by atoms with Gasteiger partial charge < -0.3 is 19.0 Å². The highest BCUT2D eigenvalue weighted by Crippen LogP contribution is 2.43. The summed E-state index contributed by atoms with van der Waals surface area (Å²) >= 11 is 5.97. The van der Waals surface area contributed by atoms with Crippen LogP contribution in [0.25, 0.3) is 5.76 Å². The summed E-state index contributed by atoms with van der Waals surface area (Å²) < 4.78 is 16.0. The Morgan fingerprint density at radius 3 is 2.35 bits per heavy atom. The summed E-state index contributed by atoms with van der Waals surface area (Å²) in [6.07, 6.45) is 1.44. The number of carbonyl (C=O) groups excluding carboxylic acids is 2. The van der Waals surface area contributed by atoms with Crippen molar-refractivity contribution in [1.29, 1.82) is 0 Å². The van der Waals surface area contributed by atoms with E-state index in [-0.39, 0.29) is 11.3 Å². The van der Waals surface area contributed by atoms with Crippen molar-refractivity contribution in [3.63, 3.8) is 0 Å². The number of benzene rings is 2. The lowest BCUT2D eigenvalue weighted by molar-refractivity contribution is -0.132. The second-order valence-electron chi connectivity index (χ2n) is 6.73. The van der Waals surface area contributed by atoms with Crippen LogP contribution in [-0.4, -0.2) is 31.0 Å². The van der Waals surface area contributed by atoms with Crippen LogP contribution < -0.4 is 14.4 Å². The zero-order chi connectivity index (χ0) is 22.1. The first-order valence-electron chi connectivity index (χ1n) is 9.28. The van der Waals surface area contributed by atoms with Gasteiger partial charge in [-0.05, 0) is 54.6 Å². The van der Waals surface area contributed by atoms with Gasteiger partial charge in [-0.2, -0.15) is 0 Å². The van der Waals surface area contributed by atoms with Gasteiger partial charge in [0, 0.05) is 16.3 Å². The average Bonchev–Trinajstić information content (AvgIpc) is 3.40. The van der Waals surface area contributed by atoms with Crippen molar-refractivity contribution in [2.75, 3.05) is 19.1 Å². The van der Waals surface area contributed by atoms with Crippen LogP contribution in [0.5, 0.6) is 11.5 Å². The van der Waals surface area contributed by atoms with Crippen LogP contribution >= 0.6 is 11.6 Å². The van der Waals surface area contributed by atoms with E-state index in [1.54, 1.807) is 48.5 Å². The number of nitrogens with zero attached hydrogens (tertiary/aromatic N) is 1. The summed E-state index contributed by atoms with van der Waals surface area (Å²) in [6, 6.07) is 13.5. The highest BCUT2D eigenvalue weighted by Gasteiger charge is 2.48. The maximum absolute atomic E-state index is 13.0. The molecule has 1 saturated heterocycles. The number of rotatable bonds is 5. The van der Waals surface area contributed by atoms with Crippen LogP contribution in [0.15, 0.2) is 70.9 Å². The summed E-state index contributed by atoms with van der Waals surface area (Å²) in [6.45, 7) is 0. The van der Waals surface area contributed by atoms with Gasteiger partial charge in [-0.25, -0.2) is 0 Å². The van der Waals surface area contributed by atoms with Crippen molar-refractivity contribution in [2.45, 2.75) is 6.04 Å². The van der Waals surface area contributed by atoms with Gasteiger partial charge in [0.25, 0.3) is 11.7 Å². The molecule has 0 aliphatic carbocycles. The van der Waals surface area contributed by atoms with Gasteiger partial charge in [0.05, 0.1) is 26.1 Å². The van der Waals surface area contributed by atoms with Crippen LogP contribution in [0.4, 0.5) is 5.69 Å². The van der Waals surface area contributed by atoms with Gasteiger partial charge >= 0.3 is 0 Å². The number of hydrogen-bond donors (Lipinski definition) is 1. The monoisotopic (exact) mass is 439 g/mol. The zero-order valence-corrected chi connectivity index (χ0v) is 17.4. The van der Waals surface area contributed by atoms with Gasteiger partial charge in [-0.1, -0.05) is 11.6 Å². The Bertz CT molecular complexity index is 1170. The Balaban J connectivity index is 1.90. The second-order valence-corrected chi connectivity index (χ2v) is 7.17. The maximum Gasteiger partial charge on any atom is 0.300 e. The Morgan fingerprint density at radius 2 is 1.74 bits per heavy atom. The molecule has 0 radical (unpaired) electrons. The molecule has 31 heavy (non-hydrogen) atoms. The van der Waals surface area contributed by atoms with E-state index in [0.29, 0.717) is 33.5 Å². The predicted octanol–water partition coefficient (Wildman–Crippen LogP) is 4.58. The Labute approximate surface area is 183 Å². The van der Waals surface area contributed by atoms with Crippen molar-refractivity contribution in [3.8, 4) is 11.5 Å². The third-order valence-electron chi connectivity index (χ3n) is 5.02. The topological polar surface area (TPSA) is 89.2 Å². The maximum atomic E-state index is 13.0. The summed E-state index contributed by atoms with van der Waals surface area (Å²) in [5.74, 6) is -0.806. The summed E-state index contributed by atoms with van der Waals surface area (Å²) in [5, 5.41) is 11.6. The number of methoxy groups -OCH3 is 2. The standard InChI is InChI=1S/C23H18ClNO6/c1-29-16-10-5-13(12-18(16)30-2)21(26)19-20(17-4-3-11-31-17)25(23(28)22(19)27)15-8-6-14(24)7-9-15/h3-12,20,26H,1-2H3/b21-19-. The van der Waals surface area contributed by atoms with E-state index in [0.717, 1.165) is 0 Å². The molecule has 7 nitrogen and oxygen atoms in total. The molecule has 3 aromatic rings. The van der Waals surface area contributed by atoms with Gasteiger partial charge in [0.15, 0.2) is 11.5 Å². The Kier molecular flexibility index (Phi) is 5.44. The largest absolute Gasteiger partial charge is 0.507 e. The fourth-order valence-corrected chi connectivity index (χ4v) is 3.68. The minimum atomic E-state index is -0.954. The van der Waals surface area contributed by atoms with E-state index in [9.17, 15) is 14.7 Å². The van der Waals surface area contributed by atoms with E-state index in [4.69, 9.17) is 25.5 Å². The Hall–Kier alpha value is -3.71. The first-order chi connectivity index (χ1) is 15.0. The molecule has 1 N–H and O–H groups in total. The van der Waals surface area contributed by atoms with Crippen molar-refractivity contribution in [3.05, 3.63) is 82.8 Å². The molecule has 2 aromatic carbocycles. The van der Waals surface area contributed by atoms with E-state index in [1.807, 2.05) is 0 Å². The number of aliphatic hydroxyl groups excluding tert-OH is 1. The average molecular weight is 440 g/mol. The second kappa shape index (κ2) is 8.20. The van der Waals surface area contributed by atoms with Crippen molar-refractivity contribution in [1.82, 2.24) is 0 Å². The SMILES string of the molecule is COc1ccc(/C(O)=C2/C(=O)C(=O)N(c3ccc(Cl)cc3)C2c2ccco2)cc1OC. The molecule has 1 amide bonds. The van der Waals surface area contributed by atoms with Crippen LogP contribution in [-0.2, 0) is 9.59 Å². The summed E-state index contributed by atoms with van der Waals surface area (Å²) in [5.41, 5.74) is 0.643. The zero-order valence-electron chi connectivity index (χ0n) is 16.7. The normalized spacial score (nSPS) is 17.8. The van der Waals surface area contributed by atoms with Crippen molar-refractivity contribution in [2.24, 2.45) is 0 Å². The quantitative estimate of drug-likeness (QED) is 0.355. The molecule has 1 unspecified atom stereocenters. The number of halogens is 1. The van der Waals surface area contributed by atoms with Crippen molar-refractivity contribution >= 4 is 34.7 Å². The summed E-state index contributed by atoms with van der Waals surface area (Å²) in [4.78, 5) is 27.3. The predicted molar refractivity (Wildman–Crippen MR) is 114 cm³/mol. The number of carbonyl (C=O) groups is 2. The molecule has 4 rings (SSSR count). The number of anilines is 1. The fourth-order valence-electron chi connectivity index (χ4n) is 3.56. The molecule has 0 saturated carbocycles. The number of ketones is 1. The van der Waals surface area contributed by atoms with Gasteiger partial charge in [0.1, 0.15) is 17.6 Å². The van der Waals surface area contributed by atoms with Gasteiger partial charge in [-0.3, -0.25) is 14.5 Å². The minimum Gasteiger partial charge on any atom is -0.507 e. The van der Waals surface area contributed by atoms with E-state index in [2.05, 4.69) is 0 Å². The fraction of sp³-hybridized carbons (Fsp3) is 0.130. The van der Waals surface area contributed by atoms with E-state index >= 15 is 0 Å². The number of amides is 1. The molecule has 0 bridgehead atoms. The highest BCUT2D eigenvalue weighted by molar-refractivity contribution is 6.51. The molecule has 1 fully saturated rings. The van der Waals surface area contributed by atoms with Crippen LogP contribution in [0.1, 0.15) is 17.4 Å². The number of ether oxygens (including phenoxy) is 2. The number of furan rings is 1. The number of aliphatic hydroxyl groups is 1. The van der Waals surface area contributed by atoms with Crippen molar-refractivity contribution < 1.29 is 28.6 Å². The number of Topliss-reactive ketones (excluding diaryl/α,β-unsaturated/α-hetero) is 1. The van der Waals surface area contributed by atoms with Crippen LogP contribution in [0.2, 0.25) is 5.02 Å². The lowest BCUT2D eigenvalue weighted by Crippen LogP contribution is -2.29. The molecule has 1 aliphatic heterocycles. The molecule has 1 atom stereocenters. The van der Waals surface area contributed by atoms with E-state index < -0.39 is 17.7 Å². The lowest BCUT2D eigenvalue weighted by atomic mass is 9.99. The van der Waals surface area contributed by atoms with Gasteiger partial charge in [0.2, 0.25) is 0 Å².